The number of benzene rings is 1. The maximum atomic E-state index is 10.8. The zero-order valence-corrected chi connectivity index (χ0v) is 9.82. The van der Waals surface area contributed by atoms with E-state index in [9.17, 15) is 4.79 Å². The Morgan fingerprint density at radius 3 is 2.68 bits per heavy atom. The monoisotopic (exact) mass is 254 g/mol. The Bertz CT molecular complexity index is 737. The molecule has 0 saturated carbocycles. The zero-order valence-electron chi connectivity index (χ0n) is 9.82. The molecule has 0 fully saturated rings. The molecular weight excluding hydrogens is 244 g/mol. The van der Waals surface area contributed by atoms with Gasteiger partial charge in [-0.15, -0.1) is 5.10 Å². The van der Waals surface area contributed by atoms with Crippen molar-refractivity contribution in [3.8, 4) is 0 Å². The number of aromatic carboxylic acids is 1. The summed E-state index contributed by atoms with van der Waals surface area (Å²) < 4.78 is 1.44. The van der Waals surface area contributed by atoms with Crippen LogP contribution in [-0.4, -0.2) is 25.7 Å². The maximum absolute atomic E-state index is 10.8. The predicted octanol–water partition coefficient (Wildman–Crippen LogP) is 2.17. The molecule has 94 valence electrons. The second-order valence-electron chi connectivity index (χ2n) is 3.94. The molecule has 2 heterocycles. The Labute approximate surface area is 108 Å². The lowest BCUT2D eigenvalue weighted by molar-refractivity contribution is 0.0691. The summed E-state index contributed by atoms with van der Waals surface area (Å²) in [6, 6.07) is 13.1. The van der Waals surface area contributed by atoms with Crippen molar-refractivity contribution in [1.82, 2.24) is 14.6 Å². The molecule has 0 aliphatic heterocycles. The molecule has 6 nitrogen and oxygen atoms in total. The first kappa shape index (κ1) is 11.2. The highest BCUT2D eigenvalue weighted by Gasteiger charge is 2.09. The Kier molecular flexibility index (Phi) is 2.60. The number of carboxylic acids is 1. The molecule has 0 atom stereocenters. The molecule has 3 aromatic rings. The number of hydrogen-bond acceptors (Lipinski definition) is 4. The summed E-state index contributed by atoms with van der Waals surface area (Å²) in [5.41, 5.74) is 1.38. The van der Waals surface area contributed by atoms with E-state index in [1.165, 1.54) is 10.7 Å². The van der Waals surface area contributed by atoms with Gasteiger partial charge in [-0.05, 0) is 24.3 Å². The van der Waals surface area contributed by atoms with Crippen LogP contribution in [0.5, 0.6) is 0 Å². The fourth-order valence-electron chi connectivity index (χ4n) is 1.72. The zero-order chi connectivity index (χ0) is 13.2. The van der Waals surface area contributed by atoms with E-state index in [0.717, 1.165) is 5.69 Å². The first-order valence-corrected chi connectivity index (χ1v) is 5.64. The number of nitrogens with one attached hydrogen (secondary N) is 1. The largest absolute Gasteiger partial charge is 0.476 e. The van der Waals surface area contributed by atoms with Crippen LogP contribution < -0.4 is 5.32 Å². The molecule has 3 rings (SSSR count). The molecular formula is C13H10N4O2. The van der Waals surface area contributed by atoms with E-state index in [2.05, 4.69) is 15.4 Å². The summed E-state index contributed by atoms with van der Waals surface area (Å²) in [5, 5.41) is 16.3. The van der Waals surface area contributed by atoms with Gasteiger partial charge in [0.25, 0.3) is 0 Å². The summed E-state index contributed by atoms with van der Waals surface area (Å²) >= 11 is 0. The van der Waals surface area contributed by atoms with E-state index in [1.54, 1.807) is 12.1 Å². The topological polar surface area (TPSA) is 79.5 Å². The van der Waals surface area contributed by atoms with Gasteiger partial charge < -0.3 is 10.4 Å². The molecule has 0 aliphatic carbocycles. The van der Waals surface area contributed by atoms with E-state index in [1.807, 2.05) is 30.3 Å². The van der Waals surface area contributed by atoms with Gasteiger partial charge in [0.2, 0.25) is 0 Å². The van der Waals surface area contributed by atoms with Crippen molar-refractivity contribution in [2.75, 3.05) is 5.32 Å². The highest BCUT2D eigenvalue weighted by atomic mass is 16.4. The van der Waals surface area contributed by atoms with E-state index < -0.39 is 5.97 Å². The fourth-order valence-corrected chi connectivity index (χ4v) is 1.72. The minimum absolute atomic E-state index is 0.0237. The number of carbonyl (C=O) groups is 1. The smallest absolute Gasteiger partial charge is 0.356 e. The SMILES string of the molecule is O=C(O)c1cn2nc(Nc3ccccc3)ccc2n1. The third kappa shape index (κ3) is 2.23. The van der Waals surface area contributed by atoms with Gasteiger partial charge >= 0.3 is 5.97 Å². The number of nitrogens with zero attached hydrogens (tertiary/aromatic N) is 3. The second kappa shape index (κ2) is 4.41. The van der Waals surface area contributed by atoms with Gasteiger partial charge in [-0.2, -0.15) is 0 Å². The molecule has 2 N–H and O–H groups in total. The van der Waals surface area contributed by atoms with Crippen molar-refractivity contribution in [1.29, 1.82) is 0 Å². The first-order chi connectivity index (χ1) is 9.22. The van der Waals surface area contributed by atoms with Crippen LogP contribution in [0.15, 0.2) is 48.7 Å². The van der Waals surface area contributed by atoms with Crippen molar-refractivity contribution in [2.45, 2.75) is 0 Å². The van der Waals surface area contributed by atoms with Gasteiger partial charge in [-0.1, -0.05) is 18.2 Å². The van der Waals surface area contributed by atoms with Gasteiger partial charge in [-0.3, -0.25) is 0 Å². The van der Waals surface area contributed by atoms with Crippen LogP contribution in [0.2, 0.25) is 0 Å². The first-order valence-electron chi connectivity index (χ1n) is 5.64. The summed E-state index contributed by atoms with van der Waals surface area (Å²) in [6.07, 6.45) is 1.38. The third-order valence-electron chi connectivity index (χ3n) is 2.59. The molecule has 6 heteroatoms. The molecule has 0 spiro atoms. The summed E-state index contributed by atoms with van der Waals surface area (Å²) in [5.74, 6) is -0.448. The number of aromatic nitrogens is 3. The Morgan fingerprint density at radius 1 is 1.16 bits per heavy atom. The number of anilines is 2. The van der Waals surface area contributed by atoms with Gasteiger partial charge in [0.1, 0.15) is 0 Å². The van der Waals surface area contributed by atoms with Crippen molar-refractivity contribution in [3.63, 3.8) is 0 Å². The summed E-state index contributed by atoms with van der Waals surface area (Å²) in [7, 11) is 0. The van der Waals surface area contributed by atoms with Crippen molar-refractivity contribution in [2.24, 2.45) is 0 Å². The van der Waals surface area contributed by atoms with Crippen molar-refractivity contribution >= 4 is 23.1 Å². The maximum Gasteiger partial charge on any atom is 0.356 e. The number of para-hydroxylation sites is 1. The number of fused-ring (bicyclic) bond motifs is 1. The lowest BCUT2D eigenvalue weighted by atomic mass is 10.3. The third-order valence-corrected chi connectivity index (χ3v) is 2.59. The predicted molar refractivity (Wildman–Crippen MR) is 69.7 cm³/mol. The van der Waals surface area contributed by atoms with Crippen LogP contribution in [0.1, 0.15) is 10.5 Å². The second-order valence-corrected chi connectivity index (χ2v) is 3.94. The van der Waals surface area contributed by atoms with Crippen LogP contribution in [0, 0.1) is 0 Å². The number of carboxylic acid groups (broad SMARTS) is 1. The average molecular weight is 254 g/mol. The quantitative estimate of drug-likeness (QED) is 0.748. The minimum Gasteiger partial charge on any atom is -0.476 e. The Morgan fingerprint density at radius 2 is 1.95 bits per heavy atom. The molecule has 0 bridgehead atoms. The molecule has 0 radical (unpaired) electrons. The fraction of sp³-hybridized carbons (Fsp3) is 0. The lowest BCUT2D eigenvalue weighted by Gasteiger charge is -2.04. The van der Waals surface area contributed by atoms with Gasteiger partial charge in [-0.25, -0.2) is 14.3 Å². The van der Waals surface area contributed by atoms with Gasteiger partial charge in [0, 0.05) is 5.69 Å². The van der Waals surface area contributed by atoms with E-state index in [-0.39, 0.29) is 5.69 Å². The summed E-state index contributed by atoms with van der Waals surface area (Å²) in [4.78, 5) is 14.8. The Hall–Kier alpha value is -2.89. The Balaban J connectivity index is 1.95. The van der Waals surface area contributed by atoms with Crippen LogP contribution in [0.3, 0.4) is 0 Å². The molecule has 0 unspecified atom stereocenters. The molecule has 0 saturated heterocycles. The normalized spacial score (nSPS) is 10.5. The van der Waals surface area contributed by atoms with Crippen LogP contribution >= 0.6 is 0 Å². The highest BCUT2D eigenvalue weighted by Crippen LogP contribution is 2.14. The number of imidazole rings is 1. The molecule has 1 aromatic carbocycles. The molecule has 2 aromatic heterocycles. The lowest BCUT2D eigenvalue weighted by Crippen LogP contribution is -1.98. The molecule has 0 amide bonds. The molecule has 19 heavy (non-hydrogen) atoms. The van der Waals surface area contributed by atoms with E-state index >= 15 is 0 Å². The van der Waals surface area contributed by atoms with E-state index in [4.69, 9.17) is 5.11 Å². The van der Waals surface area contributed by atoms with Crippen molar-refractivity contribution < 1.29 is 9.90 Å². The summed E-state index contributed by atoms with van der Waals surface area (Å²) in [6.45, 7) is 0. The standard InChI is InChI=1S/C13H10N4O2/c18-13(19)10-8-17-12(15-10)7-6-11(16-17)14-9-4-2-1-3-5-9/h1-8H,(H,14,16)(H,18,19). The van der Waals surface area contributed by atoms with Gasteiger partial charge in [0.05, 0.1) is 6.20 Å². The minimum atomic E-state index is -1.07. The van der Waals surface area contributed by atoms with Gasteiger partial charge in [0.15, 0.2) is 17.2 Å². The van der Waals surface area contributed by atoms with Crippen molar-refractivity contribution in [3.05, 3.63) is 54.4 Å². The number of rotatable bonds is 3. The number of hydrogen-bond donors (Lipinski definition) is 2. The van der Waals surface area contributed by atoms with Crippen LogP contribution in [0.25, 0.3) is 5.65 Å². The van der Waals surface area contributed by atoms with E-state index in [0.29, 0.717) is 11.5 Å². The average Bonchev–Trinajstić information content (AvgIpc) is 2.83. The van der Waals surface area contributed by atoms with Crippen LogP contribution in [-0.2, 0) is 0 Å². The molecule has 0 aliphatic rings. The highest BCUT2D eigenvalue weighted by molar-refractivity contribution is 5.86. The van der Waals surface area contributed by atoms with Crippen LogP contribution in [0.4, 0.5) is 11.5 Å².